The van der Waals surface area contributed by atoms with Gasteiger partial charge in [-0.3, -0.25) is 9.59 Å². The molecule has 0 bridgehead atoms. The maximum Gasteiger partial charge on any atom is 0.251 e. The Labute approximate surface area is 177 Å². The second kappa shape index (κ2) is 8.78. The second-order valence-corrected chi connectivity index (χ2v) is 7.92. The largest absolute Gasteiger partial charge is 0.495 e. The standard InChI is InChI=1S/C24H29N3O3/c1-3-23(28)27-14-12-17-15-18(10-11-20(17)27)24(29)25-19-7-6-13-26(16-19)21-8-4-5-9-22(21)30-2/h4-5,8-11,15,19H,3,6-7,12-14,16H2,1-2H3,(H,25,29). The van der Waals surface area contributed by atoms with Crippen LogP contribution in [0.15, 0.2) is 42.5 Å². The Bertz CT molecular complexity index is 943. The number of carbonyl (C=O) groups excluding carboxylic acids is 2. The average Bonchev–Trinajstić information content (AvgIpc) is 3.22. The summed E-state index contributed by atoms with van der Waals surface area (Å²) in [5.41, 5.74) is 3.74. The van der Waals surface area contributed by atoms with Crippen LogP contribution in [0.2, 0.25) is 0 Å². The minimum absolute atomic E-state index is 0.0510. The van der Waals surface area contributed by atoms with Crippen LogP contribution in [0.5, 0.6) is 5.75 Å². The number of methoxy groups -OCH3 is 1. The number of amides is 2. The fourth-order valence-corrected chi connectivity index (χ4v) is 4.47. The van der Waals surface area contributed by atoms with Crippen molar-refractivity contribution in [2.24, 2.45) is 0 Å². The number of piperidine rings is 1. The van der Waals surface area contributed by atoms with Gasteiger partial charge in [0, 0.05) is 43.3 Å². The first-order valence-electron chi connectivity index (χ1n) is 10.7. The number of nitrogens with one attached hydrogen (secondary N) is 1. The quantitative estimate of drug-likeness (QED) is 0.825. The molecule has 2 aliphatic heterocycles. The molecule has 1 atom stereocenters. The molecule has 2 heterocycles. The fraction of sp³-hybridized carbons (Fsp3) is 0.417. The Morgan fingerprint density at radius 2 is 1.97 bits per heavy atom. The van der Waals surface area contributed by atoms with Crippen molar-refractivity contribution in [3.05, 3.63) is 53.6 Å². The van der Waals surface area contributed by atoms with E-state index in [1.165, 1.54) is 0 Å². The number of carbonyl (C=O) groups is 2. The van der Waals surface area contributed by atoms with Crippen molar-refractivity contribution in [3.8, 4) is 5.75 Å². The van der Waals surface area contributed by atoms with Crippen LogP contribution in [-0.4, -0.2) is 44.6 Å². The lowest BCUT2D eigenvalue weighted by atomic mass is 10.0. The van der Waals surface area contributed by atoms with Crippen LogP contribution in [0, 0.1) is 0 Å². The number of rotatable bonds is 5. The number of anilines is 2. The van der Waals surface area contributed by atoms with Crippen LogP contribution >= 0.6 is 0 Å². The van der Waals surface area contributed by atoms with Crippen molar-refractivity contribution >= 4 is 23.2 Å². The van der Waals surface area contributed by atoms with Gasteiger partial charge in [0.2, 0.25) is 5.91 Å². The van der Waals surface area contributed by atoms with Crippen LogP contribution in [0.4, 0.5) is 11.4 Å². The van der Waals surface area contributed by atoms with Gasteiger partial charge in [-0.2, -0.15) is 0 Å². The van der Waals surface area contributed by atoms with Crippen molar-refractivity contribution in [2.45, 2.75) is 38.6 Å². The molecule has 1 unspecified atom stereocenters. The zero-order chi connectivity index (χ0) is 21.1. The lowest BCUT2D eigenvalue weighted by Crippen LogP contribution is -2.47. The maximum absolute atomic E-state index is 12.9. The molecule has 0 spiro atoms. The highest BCUT2D eigenvalue weighted by Gasteiger charge is 2.26. The number of fused-ring (bicyclic) bond motifs is 1. The van der Waals surface area contributed by atoms with Crippen LogP contribution in [0.25, 0.3) is 0 Å². The summed E-state index contributed by atoms with van der Waals surface area (Å²) in [7, 11) is 1.69. The molecular weight excluding hydrogens is 378 g/mol. The summed E-state index contributed by atoms with van der Waals surface area (Å²) in [5, 5.41) is 3.21. The van der Waals surface area contributed by atoms with E-state index < -0.39 is 0 Å². The van der Waals surface area contributed by atoms with Crippen LogP contribution in [0.1, 0.15) is 42.1 Å². The normalized spacial score (nSPS) is 18.1. The summed E-state index contributed by atoms with van der Waals surface area (Å²) in [6, 6.07) is 13.8. The van der Waals surface area contributed by atoms with Crippen LogP contribution in [-0.2, 0) is 11.2 Å². The predicted octanol–water partition coefficient (Wildman–Crippen LogP) is 3.39. The predicted molar refractivity (Wildman–Crippen MR) is 118 cm³/mol. The van der Waals surface area contributed by atoms with Crippen molar-refractivity contribution in [2.75, 3.05) is 36.5 Å². The summed E-state index contributed by atoms with van der Waals surface area (Å²) in [6.45, 7) is 4.28. The van der Waals surface area contributed by atoms with Crippen molar-refractivity contribution in [1.82, 2.24) is 5.32 Å². The average molecular weight is 408 g/mol. The molecule has 6 heteroatoms. The van der Waals surface area contributed by atoms with Gasteiger partial charge in [-0.1, -0.05) is 19.1 Å². The highest BCUT2D eigenvalue weighted by Crippen LogP contribution is 2.31. The Morgan fingerprint density at radius 1 is 1.13 bits per heavy atom. The van der Waals surface area contributed by atoms with Gasteiger partial charge in [0.1, 0.15) is 5.75 Å². The molecular formula is C24H29N3O3. The second-order valence-electron chi connectivity index (χ2n) is 7.92. The monoisotopic (exact) mass is 407 g/mol. The van der Waals surface area contributed by atoms with E-state index in [-0.39, 0.29) is 17.9 Å². The minimum Gasteiger partial charge on any atom is -0.495 e. The molecule has 0 saturated carbocycles. The number of hydrogen-bond donors (Lipinski definition) is 1. The van der Waals surface area contributed by atoms with E-state index in [4.69, 9.17) is 4.74 Å². The lowest BCUT2D eigenvalue weighted by Gasteiger charge is -2.35. The Kier molecular flexibility index (Phi) is 5.93. The summed E-state index contributed by atoms with van der Waals surface area (Å²) in [5.74, 6) is 0.934. The molecule has 2 amide bonds. The zero-order valence-corrected chi connectivity index (χ0v) is 17.7. The van der Waals surface area contributed by atoms with Gasteiger partial charge in [-0.25, -0.2) is 0 Å². The first kappa shape index (κ1) is 20.3. The summed E-state index contributed by atoms with van der Waals surface area (Å²) in [4.78, 5) is 29.1. The molecule has 4 rings (SSSR count). The molecule has 6 nitrogen and oxygen atoms in total. The minimum atomic E-state index is -0.0510. The third-order valence-electron chi connectivity index (χ3n) is 6.02. The van der Waals surface area contributed by atoms with Gasteiger partial charge in [-0.05, 0) is 55.2 Å². The number of para-hydroxylation sites is 2. The molecule has 0 radical (unpaired) electrons. The van der Waals surface area contributed by atoms with Crippen molar-refractivity contribution < 1.29 is 14.3 Å². The smallest absolute Gasteiger partial charge is 0.251 e. The first-order valence-corrected chi connectivity index (χ1v) is 10.7. The number of ether oxygens (including phenoxy) is 1. The molecule has 1 fully saturated rings. The van der Waals surface area contributed by atoms with Gasteiger partial charge in [0.25, 0.3) is 5.91 Å². The Balaban J connectivity index is 1.43. The zero-order valence-electron chi connectivity index (χ0n) is 17.7. The molecule has 2 aliphatic rings. The fourth-order valence-electron chi connectivity index (χ4n) is 4.47. The maximum atomic E-state index is 12.9. The highest BCUT2D eigenvalue weighted by molar-refractivity contribution is 5.98. The topological polar surface area (TPSA) is 61.9 Å². The van der Waals surface area contributed by atoms with Crippen molar-refractivity contribution in [1.29, 1.82) is 0 Å². The van der Waals surface area contributed by atoms with Gasteiger partial charge in [-0.15, -0.1) is 0 Å². The van der Waals surface area contributed by atoms with Crippen molar-refractivity contribution in [3.63, 3.8) is 0 Å². The molecule has 30 heavy (non-hydrogen) atoms. The molecule has 1 saturated heterocycles. The highest BCUT2D eigenvalue weighted by atomic mass is 16.5. The molecule has 2 aromatic rings. The van der Waals surface area contributed by atoms with E-state index in [0.717, 1.165) is 55.0 Å². The number of nitrogens with zero attached hydrogens (tertiary/aromatic N) is 2. The van der Waals surface area contributed by atoms with E-state index in [1.807, 2.05) is 48.2 Å². The van der Waals surface area contributed by atoms with Gasteiger partial charge < -0.3 is 19.9 Å². The molecule has 2 aromatic carbocycles. The summed E-state index contributed by atoms with van der Waals surface area (Å²) >= 11 is 0. The molecule has 1 N–H and O–H groups in total. The van der Waals surface area contributed by atoms with Crippen LogP contribution in [0.3, 0.4) is 0 Å². The van der Waals surface area contributed by atoms with E-state index >= 15 is 0 Å². The number of hydrogen-bond acceptors (Lipinski definition) is 4. The molecule has 0 aromatic heterocycles. The van der Waals surface area contributed by atoms with Crippen LogP contribution < -0.4 is 19.9 Å². The lowest BCUT2D eigenvalue weighted by molar-refractivity contribution is -0.118. The van der Waals surface area contributed by atoms with E-state index in [2.05, 4.69) is 16.3 Å². The van der Waals surface area contributed by atoms with Gasteiger partial charge in [0.05, 0.1) is 12.8 Å². The van der Waals surface area contributed by atoms with Gasteiger partial charge >= 0.3 is 0 Å². The SMILES string of the molecule is CCC(=O)N1CCc2cc(C(=O)NC3CCCN(c4ccccc4OC)C3)ccc21. The van der Waals surface area contributed by atoms with E-state index in [1.54, 1.807) is 7.11 Å². The van der Waals surface area contributed by atoms with E-state index in [0.29, 0.717) is 18.5 Å². The van der Waals surface area contributed by atoms with Gasteiger partial charge in [0.15, 0.2) is 0 Å². The third kappa shape index (κ3) is 3.99. The number of benzene rings is 2. The first-order chi connectivity index (χ1) is 14.6. The Hall–Kier alpha value is -3.02. The third-order valence-corrected chi connectivity index (χ3v) is 6.02. The summed E-state index contributed by atoms with van der Waals surface area (Å²) < 4.78 is 5.50. The molecule has 158 valence electrons. The summed E-state index contributed by atoms with van der Waals surface area (Å²) in [6.07, 6.45) is 3.27. The Morgan fingerprint density at radius 3 is 2.77 bits per heavy atom. The van der Waals surface area contributed by atoms with E-state index in [9.17, 15) is 9.59 Å². The molecule has 0 aliphatic carbocycles.